The Kier molecular flexibility index (Phi) is 3.32. The van der Waals surface area contributed by atoms with Crippen molar-refractivity contribution in [1.29, 1.82) is 5.26 Å². The summed E-state index contributed by atoms with van der Waals surface area (Å²) in [6.07, 6.45) is 4.39. The van der Waals surface area contributed by atoms with E-state index in [1.807, 2.05) is 19.1 Å². The van der Waals surface area contributed by atoms with Crippen LogP contribution in [0.25, 0.3) is 0 Å². The SMILES string of the molecule is Cc1ccc(C(O)C2(C#N)CCCCC2)s1. The zero-order valence-corrected chi connectivity index (χ0v) is 10.4. The van der Waals surface area contributed by atoms with Crippen molar-refractivity contribution in [2.45, 2.75) is 45.1 Å². The van der Waals surface area contributed by atoms with E-state index in [1.165, 1.54) is 11.3 Å². The van der Waals surface area contributed by atoms with Crippen LogP contribution in [0.15, 0.2) is 12.1 Å². The van der Waals surface area contributed by atoms with Gasteiger partial charge in [0.05, 0.1) is 11.5 Å². The second-order valence-corrected chi connectivity index (χ2v) is 6.00. The Bertz CT molecular complexity index is 398. The van der Waals surface area contributed by atoms with Crippen molar-refractivity contribution in [3.63, 3.8) is 0 Å². The third-order valence-corrected chi connectivity index (χ3v) is 4.58. The smallest absolute Gasteiger partial charge is 0.107 e. The summed E-state index contributed by atoms with van der Waals surface area (Å²) in [5.41, 5.74) is -0.532. The molecule has 0 saturated heterocycles. The fourth-order valence-corrected chi connectivity index (χ4v) is 3.48. The third-order valence-electron chi connectivity index (χ3n) is 3.52. The average molecular weight is 235 g/mol. The first-order valence-corrected chi connectivity index (χ1v) is 6.65. The zero-order valence-electron chi connectivity index (χ0n) is 9.57. The molecule has 0 amide bonds. The lowest BCUT2D eigenvalue weighted by atomic mass is 9.71. The quantitative estimate of drug-likeness (QED) is 0.851. The fraction of sp³-hybridized carbons (Fsp3) is 0.615. The van der Waals surface area contributed by atoms with Gasteiger partial charge in [0.15, 0.2) is 0 Å². The summed E-state index contributed by atoms with van der Waals surface area (Å²) in [5.74, 6) is 0. The van der Waals surface area contributed by atoms with Crippen LogP contribution in [0.4, 0.5) is 0 Å². The molecular formula is C13H17NOS. The van der Waals surface area contributed by atoms with Crippen LogP contribution in [0.2, 0.25) is 0 Å². The number of hydrogen-bond acceptors (Lipinski definition) is 3. The van der Waals surface area contributed by atoms with Crippen LogP contribution in [-0.2, 0) is 0 Å². The summed E-state index contributed by atoms with van der Waals surface area (Å²) < 4.78 is 0. The van der Waals surface area contributed by atoms with E-state index in [9.17, 15) is 10.4 Å². The van der Waals surface area contributed by atoms with Crippen LogP contribution in [0, 0.1) is 23.7 Å². The molecule has 1 aromatic rings. The molecule has 0 aliphatic heterocycles. The molecular weight excluding hydrogens is 218 g/mol. The number of rotatable bonds is 2. The highest BCUT2D eigenvalue weighted by Crippen LogP contribution is 2.46. The molecule has 0 aromatic carbocycles. The molecule has 1 saturated carbocycles. The molecule has 2 nitrogen and oxygen atoms in total. The molecule has 1 aliphatic rings. The highest BCUT2D eigenvalue weighted by molar-refractivity contribution is 7.12. The van der Waals surface area contributed by atoms with Gasteiger partial charge in [0.1, 0.15) is 6.10 Å². The number of nitrogens with zero attached hydrogens (tertiary/aromatic N) is 1. The van der Waals surface area contributed by atoms with Gasteiger partial charge in [0.25, 0.3) is 0 Å². The van der Waals surface area contributed by atoms with E-state index in [4.69, 9.17) is 0 Å². The molecule has 1 atom stereocenters. The normalized spacial score (nSPS) is 21.3. The van der Waals surface area contributed by atoms with Gasteiger partial charge in [-0.3, -0.25) is 0 Å². The lowest BCUT2D eigenvalue weighted by Gasteiger charge is -2.34. The van der Waals surface area contributed by atoms with Crippen molar-refractivity contribution in [1.82, 2.24) is 0 Å². The lowest BCUT2D eigenvalue weighted by Crippen LogP contribution is -2.29. The summed E-state index contributed by atoms with van der Waals surface area (Å²) in [5, 5.41) is 19.8. The molecule has 0 bridgehead atoms. The average Bonchev–Trinajstić information content (AvgIpc) is 2.76. The molecule has 1 aliphatic carbocycles. The molecule has 16 heavy (non-hydrogen) atoms. The summed E-state index contributed by atoms with van der Waals surface area (Å²) >= 11 is 1.60. The van der Waals surface area contributed by atoms with Gasteiger partial charge >= 0.3 is 0 Å². The second-order valence-electron chi connectivity index (χ2n) is 4.68. The minimum Gasteiger partial charge on any atom is -0.386 e. The molecule has 1 N–H and O–H groups in total. The molecule has 1 aromatic heterocycles. The van der Waals surface area contributed by atoms with E-state index in [-0.39, 0.29) is 0 Å². The maximum Gasteiger partial charge on any atom is 0.107 e. The van der Waals surface area contributed by atoms with Crippen LogP contribution in [-0.4, -0.2) is 5.11 Å². The van der Waals surface area contributed by atoms with Crippen molar-refractivity contribution < 1.29 is 5.11 Å². The number of aliphatic hydroxyl groups excluding tert-OH is 1. The number of aryl methyl sites for hydroxylation is 1. The van der Waals surface area contributed by atoms with Crippen molar-refractivity contribution in [2.75, 3.05) is 0 Å². The molecule has 0 radical (unpaired) electrons. The second kappa shape index (κ2) is 4.57. The Balaban J connectivity index is 2.24. The third kappa shape index (κ3) is 2.00. The number of hydrogen-bond donors (Lipinski definition) is 1. The highest BCUT2D eigenvalue weighted by atomic mass is 32.1. The van der Waals surface area contributed by atoms with Gasteiger partial charge in [-0.15, -0.1) is 11.3 Å². The first kappa shape index (κ1) is 11.6. The highest BCUT2D eigenvalue weighted by Gasteiger charge is 2.40. The summed E-state index contributed by atoms with van der Waals surface area (Å²) in [6.45, 7) is 2.03. The zero-order chi connectivity index (χ0) is 11.6. The summed E-state index contributed by atoms with van der Waals surface area (Å²) in [7, 11) is 0. The largest absolute Gasteiger partial charge is 0.386 e. The molecule has 2 rings (SSSR count). The Labute approximate surface area is 101 Å². The van der Waals surface area contributed by atoms with Gasteiger partial charge in [-0.2, -0.15) is 5.26 Å². The molecule has 86 valence electrons. The van der Waals surface area contributed by atoms with Gasteiger partial charge in [-0.25, -0.2) is 0 Å². The first-order valence-electron chi connectivity index (χ1n) is 5.84. The van der Waals surface area contributed by atoms with Gasteiger partial charge in [0, 0.05) is 9.75 Å². The standard InChI is InChI=1S/C13H17NOS/c1-10-5-6-11(16-10)12(15)13(9-14)7-3-2-4-8-13/h5-6,12,15H,2-4,7-8H2,1H3. The Morgan fingerprint density at radius 3 is 2.56 bits per heavy atom. The summed E-state index contributed by atoms with van der Waals surface area (Å²) in [6, 6.07) is 6.35. The van der Waals surface area contributed by atoms with E-state index in [0.29, 0.717) is 0 Å². The molecule has 1 fully saturated rings. The topological polar surface area (TPSA) is 44.0 Å². The van der Waals surface area contributed by atoms with E-state index in [2.05, 4.69) is 6.07 Å². The van der Waals surface area contributed by atoms with E-state index in [1.54, 1.807) is 11.3 Å². The van der Waals surface area contributed by atoms with Crippen LogP contribution in [0.3, 0.4) is 0 Å². The van der Waals surface area contributed by atoms with Crippen molar-refractivity contribution in [3.05, 3.63) is 21.9 Å². The van der Waals surface area contributed by atoms with Crippen molar-refractivity contribution in [2.24, 2.45) is 5.41 Å². The Hall–Kier alpha value is -0.850. The van der Waals surface area contributed by atoms with Crippen LogP contribution >= 0.6 is 11.3 Å². The number of thiophene rings is 1. The molecule has 1 heterocycles. The molecule has 3 heteroatoms. The van der Waals surface area contributed by atoms with Gasteiger partial charge in [0.2, 0.25) is 0 Å². The minimum absolute atomic E-state index is 0.532. The van der Waals surface area contributed by atoms with Crippen LogP contribution < -0.4 is 0 Å². The van der Waals surface area contributed by atoms with E-state index >= 15 is 0 Å². The molecule has 1 unspecified atom stereocenters. The van der Waals surface area contributed by atoms with E-state index in [0.717, 1.165) is 30.6 Å². The van der Waals surface area contributed by atoms with Gasteiger partial charge < -0.3 is 5.11 Å². The maximum atomic E-state index is 10.4. The predicted octanol–water partition coefficient (Wildman–Crippen LogP) is 3.56. The Morgan fingerprint density at radius 2 is 2.06 bits per heavy atom. The van der Waals surface area contributed by atoms with E-state index < -0.39 is 11.5 Å². The lowest BCUT2D eigenvalue weighted by molar-refractivity contribution is 0.0387. The monoisotopic (exact) mass is 235 g/mol. The Morgan fingerprint density at radius 1 is 1.38 bits per heavy atom. The maximum absolute atomic E-state index is 10.4. The van der Waals surface area contributed by atoms with Crippen molar-refractivity contribution in [3.8, 4) is 6.07 Å². The van der Waals surface area contributed by atoms with Crippen molar-refractivity contribution >= 4 is 11.3 Å². The minimum atomic E-state index is -0.600. The first-order chi connectivity index (χ1) is 7.68. The molecule has 0 spiro atoms. The van der Waals surface area contributed by atoms with Gasteiger partial charge in [-0.05, 0) is 31.9 Å². The van der Waals surface area contributed by atoms with Crippen LogP contribution in [0.5, 0.6) is 0 Å². The fourth-order valence-electron chi connectivity index (χ4n) is 2.50. The number of aliphatic hydroxyl groups is 1. The number of nitriles is 1. The summed E-state index contributed by atoms with van der Waals surface area (Å²) in [4.78, 5) is 2.14. The predicted molar refractivity (Wildman–Crippen MR) is 65.1 cm³/mol. The van der Waals surface area contributed by atoms with Gasteiger partial charge in [-0.1, -0.05) is 19.3 Å². The van der Waals surface area contributed by atoms with Crippen LogP contribution in [0.1, 0.15) is 48.0 Å².